The van der Waals surface area contributed by atoms with Crippen molar-refractivity contribution < 1.29 is 22.7 Å². The quantitative estimate of drug-likeness (QED) is 0.537. The van der Waals surface area contributed by atoms with Crippen LogP contribution >= 0.6 is 15.9 Å². The minimum absolute atomic E-state index is 0.140. The van der Waals surface area contributed by atoms with Crippen molar-refractivity contribution in [2.75, 3.05) is 5.32 Å². The molecule has 0 fully saturated rings. The number of aromatic nitrogens is 4. The van der Waals surface area contributed by atoms with E-state index in [-0.39, 0.29) is 23.4 Å². The number of carbonyl (C=O) groups is 1. The second kappa shape index (κ2) is 8.90. The molecule has 1 aromatic carbocycles. The van der Waals surface area contributed by atoms with Crippen molar-refractivity contribution in [1.29, 1.82) is 0 Å². The van der Waals surface area contributed by atoms with Gasteiger partial charge in [-0.1, -0.05) is 19.1 Å². The number of rotatable bonds is 7. The first-order valence-corrected chi connectivity index (χ1v) is 9.80. The first-order chi connectivity index (χ1) is 14.2. The lowest BCUT2D eigenvalue weighted by Gasteiger charge is -2.07. The first-order valence-electron chi connectivity index (χ1n) is 9.01. The smallest absolute Gasteiger partial charge is 0.436 e. The normalized spacial score (nSPS) is 11.5. The van der Waals surface area contributed by atoms with Crippen LogP contribution in [0, 0.1) is 6.92 Å². The highest BCUT2D eigenvalue weighted by Gasteiger charge is 2.38. The fourth-order valence-electron chi connectivity index (χ4n) is 2.66. The van der Waals surface area contributed by atoms with Gasteiger partial charge in [0, 0.05) is 0 Å². The van der Waals surface area contributed by atoms with Crippen LogP contribution in [-0.2, 0) is 30.7 Å². The Morgan fingerprint density at radius 3 is 2.57 bits per heavy atom. The van der Waals surface area contributed by atoms with Gasteiger partial charge in [0.2, 0.25) is 5.91 Å². The SMILES string of the molecule is CCc1ccc(OCn2cc(NC(=O)Cn3nc(C(F)(F)F)c(Br)c3C)cn2)cc1. The maximum atomic E-state index is 12.9. The zero-order valence-corrected chi connectivity index (χ0v) is 17.8. The van der Waals surface area contributed by atoms with Gasteiger partial charge in [-0.15, -0.1) is 0 Å². The summed E-state index contributed by atoms with van der Waals surface area (Å²) in [6.45, 7) is 3.28. The summed E-state index contributed by atoms with van der Waals surface area (Å²) in [7, 11) is 0. The van der Waals surface area contributed by atoms with Gasteiger partial charge in [-0.25, -0.2) is 4.68 Å². The summed E-state index contributed by atoms with van der Waals surface area (Å²) in [5, 5.41) is 10.2. The molecule has 2 heterocycles. The van der Waals surface area contributed by atoms with Crippen molar-refractivity contribution in [3.8, 4) is 5.75 Å². The number of aryl methyl sites for hydroxylation is 1. The highest BCUT2D eigenvalue weighted by atomic mass is 79.9. The van der Waals surface area contributed by atoms with Crippen LogP contribution in [-0.4, -0.2) is 25.5 Å². The van der Waals surface area contributed by atoms with E-state index >= 15 is 0 Å². The number of nitrogens with one attached hydrogen (secondary N) is 1. The number of nitrogens with zero attached hydrogens (tertiary/aromatic N) is 4. The van der Waals surface area contributed by atoms with Gasteiger partial charge in [-0.3, -0.25) is 9.48 Å². The van der Waals surface area contributed by atoms with Crippen LogP contribution in [0.15, 0.2) is 41.1 Å². The Kier molecular flexibility index (Phi) is 6.49. The van der Waals surface area contributed by atoms with E-state index in [1.165, 1.54) is 23.4 Å². The van der Waals surface area contributed by atoms with E-state index in [0.717, 1.165) is 11.1 Å². The minimum atomic E-state index is -4.61. The van der Waals surface area contributed by atoms with Crippen molar-refractivity contribution >= 4 is 27.5 Å². The molecule has 0 radical (unpaired) electrons. The van der Waals surface area contributed by atoms with Crippen molar-refractivity contribution in [2.45, 2.75) is 39.7 Å². The molecule has 3 aromatic rings. The Balaban J connectivity index is 1.57. The number of ether oxygens (including phenoxy) is 1. The van der Waals surface area contributed by atoms with Crippen LogP contribution in [0.4, 0.5) is 18.9 Å². The lowest BCUT2D eigenvalue weighted by molar-refractivity contribution is -0.142. The van der Waals surface area contributed by atoms with Crippen molar-refractivity contribution in [1.82, 2.24) is 19.6 Å². The Morgan fingerprint density at radius 1 is 1.27 bits per heavy atom. The van der Waals surface area contributed by atoms with E-state index < -0.39 is 17.8 Å². The van der Waals surface area contributed by atoms with Gasteiger partial charge in [0.15, 0.2) is 12.4 Å². The second-order valence-electron chi connectivity index (χ2n) is 6.49. The molecule has 0 bridgehead atoms. The third kappa shape index (κ3) is 5.21. The summed E-state index contributed by atoms with van der Waals surface area (Å²) in [6, 6.07) is 7.68. The van der Waals surface area contributed by atoms with Gasteiger partial charge >= 0.3 is 6.18 Å². The minimum Gasteiger partial charge on any atom is -0.471 e. The number of alkyl halides is 3. The van der Waals surface area contributed by atoms with E-state index in [0.29, 0.717) is 11.4 Å². The van der Waals surface area contributed by atoms with Crippen molar-refractivity contribution in [2.24, 2.45) is 0 Å². The summed E-state index contributed by atoms with van der Waals surface area (Å²) in [6.07, 6.45) is -0.682. The monoisotopic (exact) mass is 485 g/mol. The molecule has 2 aromatic heterocycles. The molecule has 3 rings (SSSR count). The molecule has 0 unspecified atom stereocenters. The van der Waals surface area contributed by atoms with Crippen LogP contribution in [0.25, 0.3) is 0 Å². The second-order valence-corrected chi connectivity index (χ2v) is 7.28. The molecule has 0 saturated heterocycles. The van der Waals surface area contributed by atoms with E-state index in [4.69, 9.17) is 4.74 Å². The van der Waals surface area contributed by atoms with Crippen LogP contribution in [0.2, 0.25) is 0 Å². The third-order valence-corrected chi connectivity index (χ3v) is 5.26. The van der Waals surface area contributed by atoms with Gasteiger partial charge in [-0.05, 0) is 47.0 Å². The Morgan fingerprint density at radius 2 is 1.97 bits per heavy atom. The Hall–Kier alpha value is -2.82. The lowest BCUT2D eigenvalue weighted by Crippen LogP contribution is -2.20. The number of benzene rings is 1. The van der Waals surface area contributed by atoms with E-state index in [1.54, 1.807) is 6.20 Å². The maximum Gasteiger partial charge on any atom is 0.436 e. The molecule has 1 amide bonds. The fraction of sp³-hybridized carbons (Fsp3) is 0.316. The summed E-state index contributed by atoms with van der Waals surface area (Å²) in [5.41, 5.74) is 0.735. The number of halogens is 4. The Bertz CT molecular complexity index is 1030. The van der Waals surface area contributed by atoms with Crippen molar-refractivity contribution in [3.63, 3.8) is 0 Å². The third-order valence-electron chi connectivity index (χ3n) is 4.31. The zero-order chi connectivity index (χ0) is 21.9. The number of carbonyl (C=O) groups excluding carboxylic acids is 1. The number of hydrogen-bond acceptors (Lipinski definition) is 4. The first kappa shape index (κ1) is 21.9. The van der Waals surface area contributed by atoms with E-state index in [9.17, 15) is 18.0 Å². The van der Waals surface area contributed by atoms with Crippen LogP contribution in [0.1, 0.15) is 23.9 Å². The number of amides is 1. The molecule has 0 aliphatic rings. The predicted octanol–water partition coefficient (Wildman–Crippen LogP) is 4.41. The van der Waals surface area contributed by atoms with E-state index in [1.807, 2.05) is 24.3 Å². The maximum absolute atomic E-state index is 12.9. The highest BCUT2D eigenvalue weighted by molar-refractivity contribution is 9.10. The van der Waals surface area contributed by atoms with Crippen LogP contribution < -0.4 is 10.1 Å². The largest absolute Gasteiger partial charge is 0.471 e. The Labute approximate surface area is 179 Å². The molecule has 30 heavy (non-hydrogen) atoms. The highest BCUT2D eigenvalue weighted by Crippen LogP contribution is 2.35. The standard InChI is InChI=1S/C19H19BrF3N5O2/c1-3-13-4-6-15(7-5-13)30-11-27-9-14(8-24-27)25-16(29)10-28-12(2)17(20)18(26-28)19(21,22)23/h4-9H,3,10-11H2,1-2H3,(H,25,29). The van der Waals surface area contributed by atoms with Gasteiger partial charge in [0.1, 0.15) is 12.3 Å². The molecule has 160 valence electrons. The molecule has 0 atom stereocenters. The van der Waals surface area contributed by atoms with Gasteiger partial charge in [-0.2, -0.15) is 23.4 Å². The average Bonchev–Trinajstić information content (AvgIpc) is 3.26. The van der Waals surface area contributed by atoms with Crippen molar-refractivity contribution in [3.05, 3.63) is 58.1 Å². The molecule has 0 aliphatic heterocycles. The number of anilines is 1. The molecule has 0 spiro atoms. The lowest BCUT2D eigenvalue weighted by atomic mass is 10.2. The average molecular weight is 486 g/mol. The fourth-order valence-corrected chi connectivity index (χ4v) is 3.17. The topological polar surface area (TPSA) is 74.0 Å². The molecule has 0 saturated carbocycles. The zero-order valence-electron chi connectivity index (χ0n) is 16.2. The summed E-state index contributed by atoms with van der Waals surface area (Å²) >= 11 is 2.88. The molecule has 7 nitrogen and oxygen atoms in total. The summed E-state index contributed by atoms with van der Waals surface area (Å²) in [4.78, 5) is 12.2. The van der Waals surface area contributed by atoms with Crippen LogP contribution in [0.3, 0.4) is 0 Å². The summed E-state index contributed by atoms with van der Waals surface area (Å²) in [5.74, 6) is 0.158. The molecular weight excluding hydrogens is 467 g/mol. The van der Waals surface area contributed by atoms with Gasteiger partial charge in [0.25, 0.3) is 0 Å². The van der Waals surface area contributed by atoms with E-state index in [2.05, 4.69) is 38.4 Å². The molecule has 0 aliphatic carbocycles. The predicted molar refractivity (Wildman–Crippen MR) is 107 cm³/mol. The van der Waals surface area contributed by atoms with Gasteiger partial charge in [0.05, 0.1) is 28.2 Å². The molecule has 1 N–H and O–H groups in total. The molecule has 11 heteroatoms. The number of hydrogen-bond donors (Lipinski definition) is 1. The summed E-state index contributed by atoms with van der Waals surface area (Å²) < 4.78 is 46.7. The molecular formula is C19H19BrF3N5O2. The van der Waals surface area contributed by atoms with Crippen LogP contribution in [0.5, 0.6) is 5.75 Å². The van der Waals surface area contributed by atoms with Gasteiger partial charge < -0.3 is 10.1 Å².